The smallest absolute Gasteiger partial charge is 0.255 e. The molecule has 27 heavy (non-hydrogen) atoms. The number of ether oxygens (including phenoxy) is 2. The minimum atomic E-state index is -0.168. The Morgan fingerprint density at radius 3 is 2.30 bits per heavy atom. The van der Waals surface area contributed by atoms with Gasteiger partial charge in [-0.1, -0.05) is 15.9 Å². The second-order valence-corrected chi connectivity index (χ2v) is 7.40. The number of anilines is 2. The summed E-state index contributed by atoms with van der Waals surface area (Å²) in [5.41, 5.74) is 2.19. The van der Waals surface area contributed by atoms with E-state index >= 15 is 0 Å². The number of likely N-dealkylation sites (N-methyl/N-ethyl adjacent to an activating group) is 1. The van der Waals surface area contributed by atoms with Crippen LogP contribution in [0.25, 0.3) is 0 Å². The molecule has 0 unspecified atom stereocenters. The van der Waals surface area contributed by atoms with Crippen LogP contribution in [-0.2, 0) is 0 Å². The standard InChI is InChI=1S/C20H24BrN3O3/c1-23-8-10-24(11-9-23)17-12-16(13-18(26-2)19(17)27-3)22-20(25)14-4-6-15(21)7-5-14/h4-7,12-13H,8-11H2,1-3H3,(H,22,25). The molecule has 0 saturated carbocycles. The van der Waals surface area contributed by atoms with Crippen LogP contribution in [0.1, 0.15) is 10.4 Å². The fraction of sp³-hybridized carbons (Fsp3) is 0.350. The number of rotatable bonds is 5. The Morgan fingerprint density at radius 1 is 1.04 bits per heavy atom. The van der Waals surface area contributed by atoms with Crippen molar-refractivity contribution in [3.8, 4) is 11.5 Å². The van der Waals surface area contributed by atoms with Gasteiger partial charge in [0.2, 0.25) is 0 Å². The van der Waals surface area contributed by atoms with Gasteiger partial charge in [0, 0.05) is 48.0 Å². The van der Waals surface area contributed by atoms with E-state index in [9.17, 15) is 4.79 Å². The van der Waals surface area contributed by atoms with Crippen molar-refractivity contribution in [2.24, 2.45) is 0 Å². The number of hydrogen-bond donors (Lipinski definition) is 1. The lowest BCUT2D eigenvalue weighted by molar-refractivity contribution is 0.102. The molecule has 3 rings (SSSR count). The quantitative estimate of drug-likeness (QED) is 0.781. The van der Waals surface area contributed by atoms with Gasteiger partial charge in [-0.25, -0.2) is 0 Å². The molecular formula is C20H24BrN3O3. The van der Waals surface area contributed by atoms with Gasteiger partial charge in [0.15, 0.2) is 11.5 Å². The summed E-state index contributed by atoms with van der Waals surface area (Å²) in [7, 11) is 5.35. The fourth-order valence-electron chi connectivity index (χ4n) is 3.10. The summed E-state index contributed by atoms with van der Waals surface area (Å²) in [4.78, 5) is 17.1. The molecule has 1 heterocycles. The molecule has 1 aliphatic heterocycles. The third-order valence-corrected chi connectivity index (χ3v) is 5.20. The number of methoxy groups -OCH3 is 2. The average molecular weight is 434 g/mol. The van der Waals surface area contributed by atoms with Crippen molar-refractivity contribution in [2.45, 2.75) is 0 Å². The van der Waals surface area contributed by atoms with Crippen molar-refractivity contribution < 1.29 is 14.3 Å². The van der Waals surface area contributed by atoms with Gasteiger partial charge in [-0.2, -0.15) is 0 Å². The number of piperazine rings is 1. The average Bonchev–Trinajstić information content (AvgIpc) is 2.68. The summed E-state index contributed by atoms with van der Waals surface area (Å²) in [5, 5.41) is 2.97. The van der Waals surface area contributed by atoms with Crippen LogP contribution in [0, 0.1) is 0 Å². The van der Waals surface area contributed by atoms with Gasteiger partial charge in [0.1, 0.15) is 0 Å². The Labute approximate surface area is 168 Å². The van der Waals surface area contributed by atoms with Crippen LogP contribution >= 0.6 is 15.9 Å². The maximum Gasteiger partial charge on any atom is 0.255 e. The Balaban J connectivity index is 1.90. The van der Waals surface area contributed by atoms with Gasteiger partial charge in [0.05, 0.1) is 19.9 Å². The highest BCUT2D eigenvalue weighted by Gasteiger charge is 2.22. The lowest BCUT2D eigenvalue weighted by Crippen LogP contribution is -2.44. The van der Waals surface area contributed by atoms with E-state index in [0.29, 0.717) is 22.7 Å². The minimum absolute atomic E-state index is 0.168. The number of nitrogens with one attached hydrogen (secondary N) is 1. The Kier molecular flexibility index (Phi) is 6.23. The first kappa shape index (κ1) is 19.5. The topological polar surface area (TPSA) is 54.0 Å². The zero-order valence-corrected chi connectivity index (χ0v) is 17.4. The molecule has 1 aliphatic rings. The monoisotopic (exact) mass is 433 g/mol. The highest BCUT2D eigenvalue weighted by atomic mass is 79.9. The van der Waals surface area contributed by atoms with Gasteiger partial charge in [0.25, 0.3) is 5.91 Å². The molecule has 0 aromatic heterocycles. The van der Waals surface area contributed by atoms with E-state index in [1.54, 1.807) is 32.4 Å². The van der Waals surface area contributed by atoms with Crippen LogP contribution < -0.4 is 19.7 Å². The van der Waals surface area contributed by atoms with Gasteiger partial charge in [-0.3, -0.25) is 4.79 Å². The van der Waals surface area contributed by atoms with Crippen molar-refractivity contribution in [3.63, 3.8) is 0 Å². The van der Waals surface area contributed by atoms with Crippen LogP contribution in [0.4, 0.5) is 11.4 Å². The number of carbonyl (C=O) groups is 1. The molecule has 7 heteroatoms. The number of carbonyl (C=O) groups excluding carboxylic acids is 1. The van der Waals surface area contributed by atoms with Crippen molar-refractivity contribution in [2.75, 3.05) is 57.7 Å². The minimum Gasteiger partial charge on any atom is -0.493 e. The molecule has 1 N–H and O–H groups in total. The maximum absolute atomic E-state index is 12.6. The lowest BCUT2D eigenvalue weighted by Gasteiger charge is -2.35. The molecular weight excluding hydrogens is 410 g/mol. The van der Waals surface area contributed by atoms with Gasteiger partial charge in [-0.05, 0) is 37.4 Å². The number of amides is 1. The number of benzene rings is 2. The van der Waals surface area contributed by atoms with Crippen LogP contribution in [0.2, 0.25) is 0 Å². The molecule has 0 bridgehead atoms. The SMILES string of the molecule is COc1cc(NC(=O)c2ccc(Br)cc2)cc(N2CCN(C)CC2)c1OC. The second-order valence-electron chi connectivity index (χ2n) is 6.48. The van der Waals surface area contributed by atoms with E-state index in [0.717, 1.165) is 36.3 Å². The van der Waals surface area contributed by atoms with E-state index in [4.69, 9.17) is 9.47 Å². The number of nitrogens with zero attached hydrogens (tertiary/aromatic N) is 2. The molecule has 0 radical (unpaired) electrons. The number of hydrogen-bond acceptors (Lipinski definition) is 5. The van der Waals surface area contributed by atoms with Crippen molar-refractivity contribution in [3.05, 3.63) is 46.4 Å². The fourth-order valence-corrected chi connectivity index (χ4v) is 3.37. The first-order chi connectivity index (χ1) is 13.0. The zero-order chi connectivity index (χ0) is 19.4. The zero-order valence-electron chi connectivity index (χ0n) is 15.8. The van der Waals surface area contributed by atoms with E-state index in [2.05, 4.69) is 38.1 Å². The summed E-state index contributed by atoms with van der Waals surface area (Å²) < 4.78 is 12.1. The van der Waals surface area contributed by atoms with E-state index in [1.807, 2.05) is 18.2 Å². The first-order valence-electron chi connectivity index (χ1n) is 8.78. The molecule has 1 amide bonds. The largest absolute Gasteiger partial charge is 0.493 e. The third-order valence-electron chi connectivity index (χ3n) is 4.67. The van der Waals surface area contributed by atoms with E-state index in [1.165, 1.54) is 0 Å². The molecule has 1 saturated heterocycles. The highest BCUT2D eigenvalue weighted by Crippen LogP contribution is 2.41. The summed E-state index contributed by atoms with van der Waals surface area (Å²) in [6, 6.07) is 11.0. The van der Waals surface area contributed by atoms with Gasteiger partial charge < -0.3 is 24.6 Å². The molecule has 2 aromatic carbocycles. The lowest BCUT2D eigenvalue weighted by atomic mass is 10.1. The summed E-state index contributed by atoms with van der Waals surface area (Å²) >= 11 is 3.38. The Hall–Kier alpha value is -2.25. The van der Waals surface area contributed by atoms with Crippen LogP contribution in [-0.4, -0.2) is 58.3 Å². The Bertz CT molecular complexity index is 803. The summed E-state index contributed by atoms with van der Waals surface area (Å²) in [6.45, 7) is 3.72. The number of halogens is 1. The summed E-state index contributed by atoms with van der Waals surface area (Å²) in [5.74, 6) is 1.11. The first-order valence-corrected chi connectivity index (χ1v) is 9.57. The highest BCUT2D eigenvalue weighted by molar-refractivity contribution is 9.10. The second kappa shape index (κ2) is 8.63. The molecule has 0 spiro atoms. The van der Waals surface area contributed by atoms with Crippen molar-refractivity contribution in [1.29, 1.82) is 0 Å². The predicted octanol–water partition coefficient (Wildman–Crippen LogP) is 3.47. The van der Waals surface area contributed by atoms with Crippen LogP contribution in [0.15, 0.2) is 40.9 Å². The predicted molar refractivity (Wildman–Crippen MR) is 111 cm³/mol. The van der Waals surface area contributed by atoms with E-state index < -0.39 is 0 Å². The van der Waals surface area contributed by atoms with Crippen LogP contribution in [0.5, 0.6) is 11.5 Å². The van der Waals surface area contributed by atoms with E-state index in [-0.39, 0.29) is 5.91 Å². The van der Waals surface area contributed by atoms with Crippen LogP contribution in [0.3, 0.4) is 0 Å². The normalized spacial score (nSPS) is 14.7. The third kappa shape index (κ3) is 4.54. The molecule has 1 fully saturated rings. The molecule has 144 valence electrons. The molecule has 0 atom stereocenters. The van der Waals surface area contributed by atoms with Crippen molar-refractivity contribution in [1.82, 2.24) is 4.90 Å². The summed E-state index contributed by atoms with van der Waals surface area (Å²) in [6.07, 6.45) is 0. The van der Waals surface area contributed by atoms with Crippen molar-refractivity contribution >= 4 is 33.2 Å². The Morgan fingerprint density at radius 2 is 1.70 bits per heavy atom. The maximum atomic E-state index is 12.6. The molecule has 6 nitrogen and oxygen atoms in total. The molecule has 2 aromatic rings. The molecule has 0 aliphatic carbocycles. The van der Waals surface area contributed by atoms with Gasteiger partial charge in [-0.15, -0.1) is 0 Å². The van der Waals surface area contributed by atoms with Gasteiger partial charge >= 0.3 is 0 Å².